The number of aliphatic hydroxyl groups is 1. The molecule has 128 valence electrons. The quantitative estimate of drug-likeness (QED) is 0.502. The van der Waals surface area contributed by atoms with Crippen LogP contribution in [0.1, 0.15) is 18.3 Å². The number of H-pyrrole nitrogens is 1. The number of hydrogen-bond acceptors (Lipinski definition) is 5. The Morgan fingerprint density at radius 2 is 2.08 bits per heavy atom. The van der Waals surface area contributed by atoms with Gasteiger partial charge in [0.15, 0.2) is 11.5 Å². The van der Waals surface area contributed by atoms with Gasteiger partial charge in [0.05, 0.1) is 12.6 Å². The molecule has 0 aliphatic heterocycles. The predicted molar refractivity (Wildman–Crippen MR) is 96.7 cm³/mol. The van der Waals surface area contributed by atoms with Crippen molar-refractivity contribution in [3.63, 3.8) is 0 Å². The molecular weight excluding hydrogens is 316 g/mol. The third-order valence-electron chi connectivity index (χ3n) is 4.36. The number of aromatic nitrogens is 5. The number of aliphatic hydroxyl groups excluding tert-OH is 1. The van der Waals surface area contributed by atoms with Gasteiger partial charge < -0.3 is 15.4 Å². The van der Waals surface area contributed by atoms with Gasteiger partial charge in [-0.2, -0.15) is 4.52 Å². The molecule has 0 unspecified atom stereocenters. The fourth-order valence-electron chi connectivity index (χ4n) is 3.07. The van der Waals surface area contributed by atoms with Crippen LogP contribution in [0.5, 0.6) is 0 Å². The van der Waals surface area contributed by atoms with Gasteiger partial charge in [0, 0.05) is 23.5 Å². The Hall–Kier alpha value is -2.93. The fourth-order valence-corrected chi connectivity index (χ4v) is 3.07. The molecule has 7 heteroatoms. The van der Waals surface area contributed by atoms with Crippen LogP contribution in [0, 0.1) is 0 Å². The summed E-state index contributed by atoms with van der Waals surface area (Å²) in [7, 11) is 0. The zero-order valence-electron chi connectivity index (χ0n) is 14.0. The summed E-state index contributed by atoms with van der Waals surface area (Å²) in [5, 5.41) is 27.1. The molecule has 0 spiro atoms. The van der Waals surface area contributed by atoms with Crippen LogP contribution < -0.4 is 5.32 Å². The van der Waals surface area contributed by atoms with Crippen LogP contribution in [0.3, 0.4) is 0 Å². The van der Waals surface area contributed by atoms with E-state index in [0.29, 0.717) is 12.2 Å². The zero-order valence-corrected chi connectivity index (χ0v) is 14.0. The van der Waals surface area contributed by atoms with E-state index in [1.54, 1.807) is 4.52 Å². The van der Waals surface area contributed by atoms with Crippen molar-refractivity contribution in [2.75, 3.05) is 11.9 Å². The molecule has 0 saturated heterocycles. The van der Waals surface area contributed by atoms with E-state index in [4.69, 9.17) is 0 Å². The Labute approximate surface area is 144 Å². The lowest BCUT2D eigenvalue weighted by atomic mass is 10.1. The van der Waals surface area contributed by atoms with Crippen molar-refractivity contribution < 1.29 is 5.11 Å². The first-order valence-corrected chi connectivity index (χ1v) is 8.42. The lowest BCUT2D eigenvalue weighted by molar-refractivity contribution is 0.273. The number of para-hydroxylation sites is 1. The van der Waals surface area contributed by atoms with E-state index in [1.165, 1.54) is 10.9 Å². The van der Waals surface area contributed by atoms with Crippen molar-refractivity contribution in [2.45, 2.75) is 25.8 Å². The highest BCUT2D eigenvalue weighted by atomic mass is 16.3. The second kappa shape index (κ2) is 6.52. The number of anilines is 1. The summed E-state index contributed by atoms with van der Waals surface area (Å²) in [6, 6.07) is 11.8. The maximum Gasteiger partial charge on any atom is 0.178 e. The van der Waals surface area contributed by atoms with Gasteiger partial charge in [-0.3, -0.25) is 0 Å². The summed E-state index contributed by atoms with van der Waals surface area (Å²) in [4.78, 5) is 3.27. The van der Waals surface area contributed by atoms with Gasteiger partial charge in [0.25, 0.3) is 0 Å². The molecule has 0 aliphatic carbocycles. The van der Waals surface area contributed by atoms with E-state index in [0.717, 1.165) is 23.4 Å². The number of rotatable bonds is 6. The van der Waals surface area contributed by atoms with Crippen LogP contribution in [0.25, 0.3) is 16.6 Å². The van der Waals surface area contributed by atoms with Crippen LogP contribution in [-0.2, 0) is 12.8 Å². The van der Waals surface area contributed by atoms with Crippen LogP contribution >= 0.6 is 0 Å². The average Bonchev–Trinajstić information content (AvgIpc) is 3.25. The fraction of sp³-hybridized carbons (Fsp3) is 0.278. The zero-order chi connectivity index (χ0) is 17.2. The van der Waals surface area contributed by atoms with Gasteiger partial charge in [0.1, 0.15) is 5.82 Å². The van der Waals surface area contributed by atoms with Crippen LogP contribution in [0.15, 0.2) is 42.6 Å². The molecule has 7 nitrogen and oxygen atoms in total. The van der Waals surface area contributed by atoms with E-state index in [-0.39, 0.29) is 12.6 Å². The maximum atomic E-state index is 9.80. The molecule has 0 saturated carbocycles. The topological polar surface area (TPSA) is 91.1 Å². The first-order chi connectivity index (χ1) is 12.3. The van der Waals surface area contributed by atoms with Gasteiger partial charge in [-0.15, -0.1) is 15.3 Å². The van der Waals surface area contributed by atoms with Crippen molar-refractivity contribution in [1.29, 1.82) is 0 Å². The summed E-state index contributed by atoms with van der Waals surface area (Å²) in [6.45, 7) is 2.04. The molecule has 3 heterocycles. The Bertz CT molecular complexity index is 1010. The standard InChI is InChI=1S/C18H20N6O/c1-2-17-21-22-18-8-7-16(23-24(17)18)20-13(11-25)9-12-10-19-15-6-4-3-5-14(12)15/h3-8,10,13,19,25H,2,9,11H2,1H3,(H,20,23)/t13-/m1/s1. The van der Waals surface area contributed by atoms with Crippen molar-refractivity contribution in [3.05, 3.63) is 54.0 Å². The molecule has 0 bridgehead atoms. The summed E-state index contributed by atoms with van der Waals surface area (Å²) >= 11 is 0. The summed E-state index contributed by atoms with van der Waals surface area (Å²) in [6.07, 6.45) is 3.46. The Kier molecular flexibility index (Phi) is 4.07. The lowest BCUT2D eigenvalue weighted by Crippen LogP contribution is -2.27. The number of hydrogen-bond donors (Lipinski definition) is 3. The van der Waals surface area contributed by atoms with Gasteiger partial charge in [0.2, 0.25) is 0 Å². The van der Waals surface area contributed by atoms with Crippen LogP contribution in [-0.4, -0.2) is 42.6 Å². The van der Waals surface area contributed by atoms with Gasteiger partial charge in [-0.05, 0) is 30.2 Å². The Balaban J connectivity index is 1.57. The smallest absolute Gasteiger partial charge is 0.178 e. The first kappa shape index (κ1) is 15.6. The highest BCUT2D eigenvalue weighted by molar-refractivity contribution is 5.83. The highest BCUT2D eigenvalue weighted by Gasteiger charge is 2.13. The second-order valence-electron chi connectivity index (χ2n) is 6.05. The van der Waals surface area contributed by atoms with Gasteiger partial charge in [-0.1, -0.05) is 25.1 Å². The molecule has 0 radical (unpaired) electrons. The minimum atomic E-state index is -0.134. The van der Waals surface area contributed by atoms with Crippen molar-refractivity contribution in [1.82, 2.24) is 24.8 Å². The molecule has 3 N–H and O–H groups in total. The van der Waals surface area contributed by atoms with E-state index in [2.05, 4.69) is 31.7 Å². The number of aryl methyl sites for hydroxylation is 1. The average molecular weight is 336 g/mol. The molecule has 0 amide bonds. The van der Waals surface area contributed by atoms with Crippen molar-refractivity contribution in [2.24, 2.45) is 0 Å². The van der Waals surface area contributed by atoms with Crippen LogP contribution in [0.2, 0.25) is 0 Å². The SMILES string of the molecule is CCc1nnc2ccc(N[C@@H](CO)Cc3c[nH]c4ccccc34)nn12. The first-order valence-electron chi connectivity index (χ1n) is 8.42. The number of nitrogens with zero attached hydrogens (tertiary/aromatic N) is 4. The number of fused-ring (bicyclic) bond motifs is 2. The lowest BCUT2D eigenvalue weighted by Gasteiger charge is -2.16. The second-order valence-corrected chi connectivity index (χ2v) is 6.05. The van der Waals surface area contributed by atoms with Crippen molar-refractivity contribution >= 4 is 22.4 Å². The molecule has 4 rings (SSSR count). The van der Waals surface area contributed by atoms with Gasteiger partial charge in [-0.25, -0.2) is 0 Å². The third kappa shape index (κ3) is 2.94. The molecule has 0 aliphatic rings. The number of benzene rings is 1. The maximum absolute atomic E-state index is 9.80. The summed E-state index contributed by atoms with van der Waals surface area (Å²) in [5.41, 5.74) is 2.99. The largest absolute Gasteiger partial charge is 0.394 e. The summed E-state index contributed by atoms with van der Waals surface area (Å²) in [5.74, 6) is 1.51. The molecule has 25 heavy (non-hydrogen) atoms. The molecule has 1 atom stereocenters. The number of nitrogens with one attached hydrogen (secondary N) is 2. The molecule has 4 aromatic rings. The van der Waals surface area contributed by atoms with E-state index >= 15 is 0 Å². The monoisotopic (exact) mass is 336 g/mol. The highest BCUT2D eigenvalue weighted by Crippen LogP contribution is 2.20. The predicted octanol–water partition coefficient (Wildman–Crippen LogP) is 2.18. The summed E-state index contributed by atoms with van der Waals surface area (Å²) < 4.78 is 1.74. The molecule has 1 aromatic carbocycles. The normalized spacial score (nSPS) is 12.7. The van der Waals surface area contributed by atoms with E-state index < -0.39 is 0 Å². The minimum absolute atomic E-state index is 0.0159. The molecule has 3 aromatic heterocycles. The van der Waals surface area contributed by atoms with Crippen molar-refractivity contribution in [3.8, 4) is 0 Å². The van der Waals surface area contributed by atoms with E-state index in [9.17, 15) is 5.11 Å². The minimum Gasteiger partial charge on any atom is -0.394 e. The van der Waals surface area contributed by atoms with Crippen LogP contribution in [0.4, 0.5) is 5.82 Å². The third-order valence-corrected chi connectivity index (χ3v) is 4.36. The van der Waals surface area contributed by atoms with E-state index in [1.807, 2.05) is 43.5 Å². The Morgan fingerprint density at radius 3 is 2.92 bits per heavy atom. The Morgan fingerprint density at radius 1 is 1.20 bits per heavy atom. The molecular formula is C18H20N6O. The number of aromatic amines is 1. The molecule has 0 fully saturated rings. The van der Waals surface area contributed by atoms with Gasteiger partial charge >= 0.3 is 0 Å².